The first-order valence-corrected chi connectivity index (χ1v) is 12.3. The van der Waals surface area contributed by atoms with E-state index in [0.717, 1.165) is 29.0 Å². The summed E-state index contributed by atoms with van der Waals surface area (Å²) in [5.74, 6) is 0.835. The SMILES string of the molecule is CC.CCOc1ccc(CN(C[C@@]2(c3cc4c(o3)CC=C(CC)N=C4)NC(=O)NC2=O)C(C)=O)cc1. The molecule has 0 bridgehead atoms. The van der Waals surface area contributed by atoms with Gasteiger partial charge in [-0.3, -0.25) is 19.9 Å². The first-order valence-electron chi connectivity index (χ1n) is 12.3. The number of nitrogens with one attached hydrogen (secondary N) is 2. The van der Waals surface area contributed by atoms with E-state index >= 15 is 0 Å². The van der Waals surface area contributed by atoms with Gasteiger partial charge in [0.15, 0.2) is 5.54 Å². The molecule has 0 saturated carbocycles. The highest BCUT2D eigenvalue weighted by atomic mass is 16.5. The Labute approximate surface area is 211 Å². The zero-order valence-corrected chi connectivity index (χ0v) is 21.5. The molecule has 1 aromatic carbocycles. The van der Waals surface area contributed by atoms with Crippen LogP contribution < -0.4 is 15.4 Å². The van der Waals surface area contributed by atoms with Gasteiger partial charge in [-0.05, 0) is 37.1 Å². The maximum Gasteiger partial charge on any atom is 0.322 e. The van der Waals surface area contributed by atoms with Gasteiger partial charge in [-0.1, -0.05) is 39.0 Å². The molecule has 0 unspecified atom stereocenters. The minimum absolute atomic E-state index is 0.0906. The van der Waals surface area contributed by atoms with Crippen LogP contribution in [-0.2, 0) is 28.1 Å². The van der Waals surface area contributed by atoms with Crippen LogP contribution in [0, 0.1) is 0 Å². The Morgan fingerprint density at radius 3 is 2.50 bits per heavy atom. The molecule has 36 heavy (non-hydrogen) atoms. The number of hydrogen-bond acceptors (Lipinski definition) is 6. The zero-order chi connectivity index (χ0) is 26.3. The Hall–Kier alpha value is -3.88. The molecule has 1 aromatic heterocycles. The van der Waals surface area contributed by atoms with Gasteiger partial charge >= 0.3 is 6.03 Å². The number of carbonyl (C=O) groups excluding carboxylic acids is 3. The molecule has 1 saturated heterocycles. The van der Waals surface area contributed by atoms with Crippen molar-refractivity contribution in [3.63, 3.8) is 0 Å². The number of imide groups is 1. The number of urea groups is 1. The third-order valence-corrected chi connectivity index (χ3v) is 5.94. The molecule has 4 rings (SSSR count). The quantitative estimate of drug-likeness (QED) is 0.538. The van der Waals surface area contributed by atoms with Crippen molar-refractivity contribution < 1.29 is 23.5 Å². The largest absolute Gasteiger partial charge is 0.494 e. The number of rotatable bonds is 8. The number of hydrogen-bond donors (Lipinski definition) is 2. The summed E-state index contributed by atoms with van der Waals surface area (Å²) in [6.07, 6.45) is 5.00. The molecule has 9 heteroatoms. The number of nitrogens with zero attached hydrogens (tertiary/aromatic N) is 2. The van der Waals surface area contributed by atoms with Gasteiger partial charge in [-0.2, -0.15) is 0 Å². The van der Waals surface area contributed by atoms with E-state index in [1.807, 2.05) is 58.0 Å². The van der Waals surface area contributed by atoms with Gasteiger partial charge in [0.25, 0.3) is 5.91 Å². The number of allylic oxidation sites excluding steroid dienone is 2. The van der Waals surface area contributed by atoms with E-state index in [1.165, 1.54) is 11.8 Å². The highest BCUT2D eigenvalue weighted by molar-refractivity contribution is 6.07. The summed E-state index contributed by atoms with van der Waals surface area (Å²) in [6.45, 7) is 10.1. The second kappa shape index (κ2) is 11.7. The van der Waals surface area contributed by atoms with Crippen molar-refractivity contribution in [3.8, 4) is 5.75 Å². The fourth-order valence-electron chi connectivity index (χ4n) is 4.07. The van der Waals surface area contributed by atoms with Crippen molar-refractivity contribution in [2.45, 2.75) is 59.5 Å². The lowest BCUT2D eigenvalue weighted by molar-refractivity contribution is -0.133. The lowest BCUT2D eigenvalue weighted by atomic mass is 9.94. The molecule has 0 aliphatic carbocycles. The molecule has 2 N–H and O–H groups in total. The molecule has 2 aliphatic heterocycles. The summed E-state index contributed by atoms with van der Waals surface area (Å²) in [5.41, 5.74) is 1.00. The normalized spacial score (nSPS) is 18.2. The monoisotopic (exact) mass is 494 g/mol. The van der Waals surface area contributed by atoms with Crippen molar-refractivity contribution in [1.29, 1.82) is 0 Å². The highest BCUT2D eigenvalue weighted by Gasteiger charge is 2.52. The second-order valence-electron chi connectivity index (χ2n) is 8.27. The van der Waals surface area contributed by atoms with Crippen LogP contribution in [0.5, 0.6) is 5.75 Å². The Morgan fingerprint density at radius 2 is 1.92 bits per heavy atom. The van der Waals surface area contributed by atoms with Gasteiger partial charge in [0.2, 0.25) is 5.91 Å². The molecule has 2 aromatic rings. The Bertz CT molecular complexity index is 1170. The Balaban J connectivity index is 0.00000176. The lowest BCUT2D eigenvalue weighted by Crippen LogP contribution is -2.53. The molecular weight excluding hydrogens is 460 g/mol. The third-order valence-electron chi connectivity index (χ3n) is 5.94. The molecule has 1 fully saturated rings. The first-order chi connectivity index (χ1) is 17.3. The number of amides is 4. The van der Waals surface area contributed by atoms with E-state index in [1.54, 1.807) is 12.3 Å². The molecular formula is C27H34N4O5. The molecule has 3 heterocycles. The van der Waals surface area contributed by atoms with Gasteiger partial charge in [0, 0.05) is 37.4 Å². The molecule has 1 atom stereocenters. The molecule has 9 nitrogen and oxygen atoms in total. The number of fused-ring (bicyclic) bond motifs is 1. The second-order valence-corrected chi connectivity index (χ2v) is 8.27. The van der Waals surface area contributed by atoms with Crippen LogP contribution in [0.25, 0.3) is 0 Å². The summed E-state index contributed by atoms with van der Waals surface area (Å²) in [5, 5.41) is 5.00. The van der Waals surface area contributed by atoms with Crippen LogP contribution >= 0.6 is 0 Å². The number of ether oxygens (including phenoxy) is 1. The standard InChI is InChI=1S/C25H28N4O5.C2H6/c1-4-19-8-11-21-18(13-26-19)12-22(34-21)25(23(31)27-24(32)28-25)15-29(16(3)30)14-17-6-9-20(10-7-17)33-5-2;1-2/h6-10,12-13H,4-5,11,14-15H2,1-3H3,(H2,27,28,31,32);1-2H3/t25-;/m0./s1. The van der Waals surface area contributed by atoms with Gasteiger partial charge < -0.3 is 19.4 Å². The average Bonchev–Trinajstić information content (AvgIpc) is 3.34. The van der Waals surface area contributed by atoms with Crippen molar-refractivity contribution >= 4 is 24.1 Å². The predicted octanol–water partition coefficient (Wildman–Crippen LogP) is 4.06. The number of aliphatic imine (C=N–C) groups is 1. The van der Waals surface area contributed by atoms with Gasteiger partial charge in [0.05, 0.1) is 13.2 Å². The minimum atomic E-state index is -1.55. The third kappa shape index (κ3) is 5.67. The van der Waals surface area contributed by atoms with Gasteiger partial charge in [-0.25, -0.2) is 4.79 Å². The van der Waals surface area contributed by atoms with E-state index in [-0.39, 0.29) is 24.8 Å². The lowest BCUT2D eigenvalue weighted by Gasteiger charge is -2.31. The Morgan fingerprint density at radius 1 is 1.19 bits per heavy atom. The fraction of sp³-hybridized carbons (Fsp3) is 0.407. The molecule has 2 aliphatic rings. The smallest absolute Gasteiger partial charge is 0.322 e. The van der Waals surface area contributed by atoms with Gasteiger partial charge in [0.1, 0.15) is 17.3 Å². The van der Waals surface area contributed by atoms with E-state index in [2.05, 4.69) is 15.6 Å². The van der Waals surface area contributed by atoms with Crippen LogP contribution in [0.2, 0.25) is 0 Å². The topological polar surface area (TPSA) is 113 Å². The number of benzene rings is 1. The van der Waals surface area contributed by atoms with Crippen LogP contribution in [0.1, 0.15) is 63.7 Å². The van der Waals surface area contributed by atoms with E-state index in [4.69, 9.17) is 9.15 Å². The molecule has 4 amide bonds. The summed E-state index contributed by atoms with van der Waals surface area (Å²) >= 11 is 0. The Kier molecular flexibility index (Phi) is 8.68. The number of furan rings is 1. The van der Waals surface area contributed by atoms with Crippen LogP contribution in [0.3, 0.4) is 0 Å². The van der Waals surface area contributed by atoms with Gasteiger partial charge in [-0.15, -0.1) is 0 Å². The van der Waals surface area contributed by atoms with Crippen LogP contribution in [0.15, 0.2) is 51.5 Å². The first kappa shape index (κ1) is 26.7. The minimum Gasteiger partial charge on any atom is -0.494 e. The maximum atomic E-state index is 13.1. The maximum absolute atomic E-state index is 13.1. The number of carbonyl (C=O) groups is 3. The van der Waals surface area contributed by atoms with Crippen molar-refractivity contribution in [3.05, 3.63) is 64.8 Å². The summed E-state index contributed by atoms with van der Waals surface area (Å²) in [7, 11) is 0. The van der Waals surface area contributed by atoms with Crippen molar-refractivity contribution in [2.75, 3.05) is 13.2 Å². The van der Waals surface area contributed by atoms with Crippen molar-refractivity contribution in [2.24, 2.45) is 4.99 Å². The van der Waals surface area contributed by atoms with E-state index in [0.29, 0.717) is 18.8 Å². The summed E-state index contributed by atoms with van der Waals surface area (Å²) in [4.78, 5) is 43.8. The zero-order valence-electron chi connectivity index (χ0n) is 21.5. The van der Waals surface area contributed by atoms with Crippen LogP contribution in [0.4, 0.5) is 4.79 Å². The molecule has 192 valence electrons. The molecule has 0 radical (unpaired) electrons. The van der Waals surface area contributed by atoms with Crippen molar-refractivity contribution in [1.82, 2.24) is 15.5 Å². The van der Waals surface area contributed by atoms with Crippen LogP contribution in [-0.4, -0.2) is 42.1 Å². The molecule has 0 spiro atoms. The average molecular weight is 495 g/mol. The van der Waals surface area contributed by atoms with E-state index in [9.17, 15) is 14.4 Å². The van der Waals surface area contributed by atoms with E-state index < -0.39 is 17.5 Å². The predicted molar refractivity (Wildman–Crippen MR) is 137 cm³/mol. The summed E-state index contributed by atoms with van der Waals surface area (Å²) in [6, 6.07) is 8.47. The summed E-state index contributed by atoms with van der Waals surface area (Å²) < 4.78 is 11.6. The fourth-order valence-corrected chi connectivity index (χ4v) is 4.07. The highest BCUT2D eigenvalue weighted by Crippen LogP contribution is 2.32.